The maximum absolute atomic E-state index is 12.3. The number of halogens is 1. The third kappa shape index (κ3) is 4.24. The highest BCUT2D eigenvalue weighted by Crippen LogP contribution is 2.24. The van der Waals surface area contributed by atoms with E-state index in [4.69, 9.17) is 22.4 Å². The van der Waals surface area contributed by atoms with Crippen LogP contribution in [0, 0.1) is 0 Å². The minimum absolute atomic E-state index is 0.368. The van der Waals surface area contributed by atoms with E-state index in [0.29, 0.717) is 22.0 Å². The van der Waals surface area contributed by atoms with E-state index in [0.717, 1.165) is 16.8 Å². The van der Waals surface area contributed by atoms with Crippen LogP contribution in [0.5, 0.6) is 0 Å². The molecule has 0 bridgehead atoms. The Morgan fingerprint density at radius 1 is 1.00 bits per heavy atom. The lowest BCUT2D eigenvalue weighted by Crippen LogP contribution is -2.19. The number of hydrogen-bond donors (Lipinski definition) is 2. The Balaban J connectivity index is 1.65. The number of nitrogens with zero attached hydrogens (tertiary/aromatic N) is 3. The number of hydrazone groups is 1. The first kappa shape index (κ1) is 19.4. The van der Waals surface area contributed by atoms with Gasteiger partial charge in [0.25, 0.3) is 5.91 Å². The fourth-order valence-electron chi connectivity index (χ4n) is 2.95. The number of amides is 1. The van der Waals surface area contributed by atoms with E-state index < -0.39 is 0 Å². The lowest BCUT2D eigenvalue weighted by molar-refractivity contribution is 0.0956. The molecule has 3 aromatic carbocycles. The quantitative estimate of drug-likeness (QED) is 0.285. The molecule has 1 heterocycles. The Kier molecular flexibility index (Phi) is 5.59. The summed E-state index contributed by atoms with van der Waals surface area (Å²) in [5.41, 5.74) is 12.4. The molecule has 0 aliphatic heterocycles. The summed E-state index contributed by atoms with van der Waals surface area (Å²) in [7, 11) is 0. The van der Waals surface area contributed by atoms with E-state index in [1.54, 1.807) is 47.3 Å². The molecule has 0 saturated heterocycles. The van der Waals surface area contributed by atoms with Crippen LogP contribution in [-0.4, -0.2) is 21.9 Å². The lowest BCUT2D eigenvalue weighted by atomic mass is 10.1. The Morgan fingerprint density at radius 3 is 2.43 bits per heavy atom. The Morgan fingerprint density at radius 2 is 1.70 bits per heavy atom. The highest BCUT2D eigenvalue weighted by Gasteiger charge is 2.12. The normalized spacial score (nSPS) is 11.0. The molecule has 30 heavy (non-hydrogen) atoms. The van der Waals surface area contributed by atoms with Crippen molar-refractivity contribution in [2.24, 2.45) is 5.10 Å². The smallest absolute Gasteiger partial charge is 0.273 e. The predicted molar refractivity (Wildman–Crippen MR) is 120 cm³/mol. The SMILES string of the molecule is Nc1ccccc1C(=O)N/N=C/c1cn(-c2ccccc2)nc1-c1ccc(Cl)cc1. The van der Waals surface area contributed by atoms with Crippen LogP contribution in [0.3, 0.4) is 0 Å². The molecule has 0 spiro atoms. The van der Waals surface area contributed by atoms with Crippen LogP contribution in [0.25, 0.3) is 16.9 Å². The number of hydrogen-bond acceptors (Lipinski definition) is 4. The zero-order valence-electron chi connectivity index (χ0n) is 15.9. The van der Waals surface area contributed by atoms with Gasteiger partial charge in [0, 0.05) is 28.0 Å². The van der Waals surface area contributed by atoms with Crippen LogP contribution in [0.2, 0.25) is 5.02 Å². The third-order valence-electron chi connectivity index (χ3n) is 4.46. The van der Waals surface area contributed by atoms with Crippen molar-refractivity contribution in [1.82, 2.24) is 15.2 Å². The van der Waals surface area contributed by atoms with Gasteiger partial charge in [0.15, 0.2) is 0 Å². The van der Waals surface area contributed by atoms with Gasteiger partial charge in [-0.25, -0.2) is 10.1 Å². The molecule has 0 radical (unpaired) electrons. The predicted octanol–water partition coefficient (Wildman–Crippen LogP) is 4.54. The van der Waals surface area contributed by atoms with Crippen molar-refractivity contribution in [1.29, 1.82) is 0 Å². The van der Waals surface area contributed by atoms with Crippen LogP contribution in [0.1, 0.15) is 15.9 Å². The average Bonchev–Trinajstić information content (AvgIpc) is 3.19. The number of carbonyl (C=O) groups excluding carboxylic acids is 1. The average molecular weight is 416 g/mol. The monoisotopic (exact) mass is 415 g/mol. The molecule has 4 aromatic rings. The van der Waals surface area contributed by atoms with E-state index in [9.17, 15) is 4.79 Å². The van der Waals surface area contributed by atoms with E-state index in [1.165, 1.54) is 0 Å². The van der Waals surface area contributed by atoms with Crippen molar-refractivity contribution in [3.63, 3.8) is 0 Å². The standard InChI is InChI=1S/C23H18ClN5O/c24-18-12-10-16(11-13-18)22-17(15-29(28-22)19-6-2-1-3-7-19)14-26-27-23(30)20-8-4-5-9-21(20)25/h1-15H,25H2,(H,27,30)/b26-14+. The number of benzene rings is 3. The van der Waals surface area contributed by atoms with E-state index >= 15 is 0 Å². The summed E-state index contributed by atoms with van der Waals surface area (Å²) >= 11 is 6.02. The molecule has 1 aromatic heterocycles. The second-order valence-corrected chi connectivity index (χ2v) is 6.94. The van der Waals surface area contributed by atoms with Crippen LogP contribution in [-0.2, 0) is 0 Å². The van der Waals surface area contributed by atoms with Gasteiger partial charge in [0.05, 0.1) is 17.5 Å². The number of para-hydroxylation sites is 2. The van der Waals surface area contributed by atoms with Crippen LogP contribution in [0.15, 0.2) is 90.2 Å². The van der Waals surface area contributed by atoms with Gasteiger partial charge in [-0.2, -0.15) is 10.2 Å². The van der Waals surface area contributed by atoms with Gasteiger partial charge in [-0.3, -0.25) is 4.79 Å². The van der Waals surface area contributed by atoms with Crippen molar-refractivity contribution >= 4 is 29.4 Å². The van der Waals surface area contributed by atoms with Crippen LogP contribution < -0.4 is 11.2 Å². The minimum atomic E-state index is -0.382. The van der Waals surface area contributed by atoms with Gasteiger partial charge in [0.2, 0.25) is 0 Å². The van der Waals surface area contributed by atoms with Gasteiger partial charge in [-0.15, -0.1) is 0 Å². The number of nitrogens with two attached hydrogens (primary N) is 1. The van der Waals surface area contributed by atoms with Crippen LogP contribution in [0.4, 0.5) is 5.69 Å². The Hall–Kier alpha value is -3.90. The summed E-state index contributed by atoms with van der Waals surface area (Å²) in [6.07, 6.45) is 3.42. The topological polar surface area (TPSA) is 85.3 Å². The number of anilines is 1. The van der Waals surface area contributed by atoms with Gasteiger partial charge < -0.3 is 5.73 Å². The van der Waals surface area contributed by atoms with Gasteiger partial charge in [-0.1, -0.05) is 54.1 Å². The summed E-state index contributed by atoms with van der Waals surface area (Å²) in [6, 6.07) is 24.0. The number of rotatable bonds is 5. The summed E-state index contributed by atoms with van der Waals surface area (Å²) in [6.45, 7) is 0. The first-order chi connectivity index (χ1) is 14.6. The molecule has 0 fully saturated rings. The van der Waals surface area contributed by atoms with Gasteiger partial charge in [-0.05, 0) is 36.4 Å². The minimum Gasteiger partial charge on any atom is -0.398 e. The number of nitrogen functional groups attached to an aromatic ring is 1. The molecule has 0 aliphatic carbocycles. The summed E-state index contributed by atoms with van der Waals surface area (Å²) < 4.78 is 1.77. The van der Waals surface area contributed by atoms with Gasteiger partial charge >= 0.3 is 0 Å². The Bertz CT molecular complexity index is 1200. The molecular formula is C23H18ClN5O. The van der Waals surface area contributed by atoms with Crippen molar-refractivity contribution in [2.45, 2.75) is 0 Å². The summed E-state index contributed by atoms with van der Waals surface area (Å²) in [4.78, 5) is 12.3. The van der Waals surface area contributed by atoms with E-state index in [-0.39, 0.29) is 5.91 Å². The van der Waals surface area contributed by atoms with Crippen molar-refractivity contribution in [2.75, 3.05) is 5.73 Å². The second-order valence-electron chi connectivity index (χ2n) is 6.51. The number of nitrogens with one attached hydrogen (secondary N) is 1. The molecule has 0 unspecified atom stereocenters. The largest absolute Gasteiger partial charge is 0.398 e. The van der Waals surface area contributed by atoms with Crippen molar-refractivity contribution in [3.8, 4) is 16.9 Å². The first-order valence-corrected chi connectivity index (χ1v) is 9.58. The third-order valence-corrected chi connectivity index (χ3v) is 4.71. The summed E-state index contributed by atoms with van der Waals surface area (Å²) in [5.74, 6) is -0.382. The molecule has 4 rings (SSSR count). The molecule has 3 N–H and O–H groups in total. The molecule has 148 valence electrons. The fourth-order valence-corrected chi connectivity index (χ4v) is 3.08. The Labute approximate surface area is 178 Å². The molecule has 0 atom stereocenters. The van der Waals surface area contributed by atoms with Crippen molar-refractivity contribution in [3.05, 3.63) is 101 Å². The maximum atomic E-state index is 12.3. The number of carbonyl (C=O) groups is 1. The summed E-state index contributed by atoms with van der Waals surface area (Å²) in [5, 5.41) is 9.45. The molecular weight excluding hydrogens is 398 g/mol. The zero-order valence-corrected chi connectivity index (χ0v) is 16.6. The first-order valence-electron chi connectivity index (χ1n) is 9.21. The fraction of sp³-hybridized carbons (Fsp3) is 0. The molecule has 1 amide bonds. The lowest BCUT2D eigenvalue weighted by Gasteiger charge is -2.03. The van der Waals surface area contributed by atoms with Crippen LogP contribution >= 0.6 is 11.6 Å². The second kappa shape index (κ2) is 8.63. The molecule has 0 aliphatic rings. The van der Waals surface area contributed by atoms with Crippen molar-refractivity contribution < 1.29 is 4.79 Å². The van der Waals surface area contributed by atoms with E-state index in [2.05, 4.69) is 10.5 Å². The number of aromatic nitrogens is 2. The highest BCUT2D eigenvalue weighted by molar-refractivity contribution is 6.30. The molecule has 6 nitrogen and oxygen atoms in total. The van der Waals surface area contributed by atoms with Gasteiger partial charge in [0.1, 0.15) is 5.69 Å². The van der Waals surface area contributed by atoms with E-state index in [1.807, 2.05) is 48.7 Å². The molecule has 7 heteroatoms. The highest BCUT2D eigenvalue weighted by atomic mass is 35.5. The molecule has 0 saturated carbocycles. The zero-order chi connectivity index (χ0) is 20.9. The maximum Gasteiger partial charge on any atom is 0.273 e.